The molecular formula is C15H21N3S. The first kappa shape index (κ1) is 12.7. The fourth-order valence-electron chi connectivity index (χ4n) is 2.87. The van der Waals surface area contributed by atoms with Crippen molar-refractivity contribution >= 4 is 32.9 Å². The number of benzene rings is 1. The molecule has 0 radical (unpaired) electrons. The van der Waals surface area contributed by atoms with Gasteiger partial charge in [-0.05, 0) is 31.9 Å². The van der Waals surface area contributed by atoms with E-state index < -0.39 is 0 Å². The largest absolute Gasteiger partial charge is 0.397 e. The zero-order valence-corrected chi connectivity index (χ0v) is 12.2. The van der Waals surface area contributed by atoms with Crippen LogP contribution in [0.1, 0.15) is 43.5 Å². The molecule has 0 spiro atoms. The summed E-state index contributed by atoms with van der Waals surface area (Å²) in [6.45, 7) is 2.04. The van der Waals surface area contributed by atoms with E-state index in [1.165, 1.54) is 43.2 Å². The number of aryl methyl sites for hydroxylation is 1. The van der Waals surface area contributed by atoms with Crippen molar-refractivity contribution in [3.05, 3.63) is 17.1 Å². The maximum absolute atomic E-state index is 6.17. The van der Waals surface area contributed by atoms with E-state index in [0.717, 1.165) is 21.9 Å². The van der Waals surface area contributed by atoms with Crippen LogP contribution < -0.4 is 11.1 Å². The van der Waals surface area contributed by atoms with Gasteiger partial charge in [0.25, 0.3) is 0 Å². The highest BCUT2D eigenvalue weighted by Gasteiger charge is 2.14. The number of hydrogen-bond donors (Lipinski definition) is 2. The number of anilines is 2. The van der Waals surface area contributed by atoms with Gasteiger partial charge in [0, 0.05) is 6.04 Å². The number of hydrogen-bond acceptors (Lipinski definition) is 4. The van der Waals surface area contributed by atoms with Crippen molar-refractivity contribution in [1.82, 2.24) is 4.98 Å². The van der Waals surface area contributed by atoms with E-state index in [9.17, 15) is 0 Å². The molecule has 19 heavy (non-hydrogen) atoms. The second-order valence-electron chi connectivity index (χ2n) is 5.47. The zero-order chi connectivity index (χ0) is 13.2. The number of nitrogens with two attached hydrogens (primary N) is 1. The molecule has 1 aromatic heterocycles. The Morgan fingerprint density at radius 3 is 2.68 bits per heavy atom. The van der Waals surface area contributed by atoms with Crippen LogP contribution in [0.5, 0.6) is 0 Å². The minimum atomic E-state index is 0.571. The highest BCUT2D eigenvalue weighted by molar-refractivity contribution is 7.18. The Balaban J connectivity index is 1.84. The molecule has 0 unspecified atom stereocenters. The summed E-state index contributed by atoms with van der Waals surface area (Å²) in [7, 11) is 0. The number of aromatic nitrogens is 1. The number of nitrogen functional groups attached to an aromatic ring is 1. The van der Waals surface area contributed by atoms with Gasteiger partial charge >= 0.3 is 0 Å². The van der Waals surface area contributed by atoms with Crippen molar-refractivity contribution in [2.75, 3.05) is 11.1 Å². The van der Waals surface area contributed by atoms with Gasteiger partial charge in [0.2, 0.25) is 0 Å². The molecule has 0 atom stereocenters. The van der Waals surface area contributed by atoms with E-state index in [1.807, 2.05) is 6.92 Å². The molecular weight excluding hydrogens is 254 g/mol. The quantitative estimate of drug-likeness (QED) is 0.634. The van der Waals surface area contributed by atoms with Crippen molar-refractivity contribution in [2.45, 2.75) is 51.5 Å². The Hall–Kier alpha value is -1.29. The average molecular weight is 275 g/mol. The fourth-order valence-corrected chi connectivity index (χ4v) is 3.73. The van der Waals surface area contributed by atoms with Gasteiger partial charge in [0.1, 0.15) is 0 Å². The molecule has 0 saturated heterocycles. The molecule has 1 aliphatic carbocycles. The zero-order valence-electron chi connectivity index (χ0n) is 11.4. The second kappa shape index (κ2) is 5.37. The van der Waals surface area contributed by atoms with E-state index in [-0.39, 0.29) is 0 Å². The monoisotopic (exact) mass is 275 g/mol. The summed E-state index contributed by atoms with van der Waals surface area (Å²) in [6, 6.07) is 4.74. The molecule has 3 N–H and O–H groups in total. The minimum absolute atomic E-state index is 0.571. The van der Waals surface area contributed by atoms with Crippen LogP contribution in [-0.4, -0.2) is 11.0 Å². The first-order chi connectivity index (χ1) is 9.22. The van der Waals surface area contributed by atoms with Crippen LogP contribution >= 0.6 is 11.3 Å². The topological polar surface area (TPSA) is 50.9 Å². The summed E-state index contributed by atoms with van der Waals surface area (Å²) < 4.78 is 1.18. The van der Waals surface area contributed by atoms with E-state index in [4.69, 9.17) is 5.73 Å². The molecule has 102 valence electrons. The van der Waals surface area contributed by atoms with E-state index >= 15 is 0 Å². The molecule has 1 saturated carbocycles. The van der Waals surface area contributed by atoms with E-state index in [0.29, 0.717) is 6.04 Å². The normalized spacial score (nSPS) is 17.5. The van der Waals surface area contributed by atoms with Crippen LogP contribution in [0.15, 0.2) is 12.1 Å². The lowest BCUT2D eigenvalue weighted by atomic mass is 10.1. The van der Waals surface area contributed by atoms with Crippen LogP contribution in [0.2, 0.25) is 0 Å². The molecule has 0 bridgehead atoms. The Morgan fingerprint density at radius 2 is 1.95 bits per heavy atom. The maximum Gasteiger partial charge on any atom is 0.0907 e. The Labute approximate surface area is 118 Å². The van der Waals surface area contributed by atoms with Crippen molar-refractivity contribution in [3.8, 4) is 0 Å². The Morgan fingerprint density at radius 1 is 1.21 bits per heavy atom. The van der Waals surface area contributed by atoms with Crippen molar-refractivity contribution in [2.24, 2.45) is 0 Å². The standard InChI is InChI=1S/C15H21N3S/c1-10-17-14-9-13(12(16)8-15(14)19-10)18-11-6-4-2-3-5-7-11/h8-9,11,18H,2-7,16H2,1H3. The number of fused-ring (bicyclic) bond motifs is 1. The summed E-state index contributed by atoms with van der Waals surface area (Å²) in [5.74, 6) is 0. The lowest BCUT2D eigenvalue weighted by Crippen LogP contribution is -2.19. The van der Waals surface area contributed by atoms with E-state index in [2.05, 4.69) is 22.4 Å². The summed E-state index contributed by atoms with van der Waals surface area (Å²) >= 11 is 1.71. The molecule has 1 aliphatic rings. The van der Waals surface area contributed by atoms with Crippen molar-refractivity contribution in [3.63, 3.8) is 0 Å². The number of thiazole rings is 1. The Bertz CT molecular complexity index is 568. The molecule has 2 aromatic rings. The van der Waals surface area contributed by atoms with Gasteiger partial charge in [-0.25, -0.2) is 4.98 Å². The highest BCUT2D eigenvalue weighted by Crippen LogP contribution is 2.31. The number of rotatable bonds is 2. The second-order valence-corrected chi connectivity index (χ2v) is 6.71. The van der Waals surface area contributed by atoms with Gasteiger partial charge in [-0.2, -0.15) is 0 Å². The van der Waals surface area contributed by atoms with Gasteiger partial charge in [-0.15, -0.1) is 11.3 Å². The minimum Gasteiger partial charge on any atom is -0.397 e. The molecule has 1 heterocycles. The van der Waals surface area contributed by atoms with Gasteiger partial charge in [-0.1, -0.05) is 25.7 Å². The summed E-state index contributed by atoms with van der Waals surface area (Å²) in [5.41, 5.74) is 9.14. The lowest BCUT2D eigenvalue weighted by Gasteiger charge is -2.19. The fraction of sp³-hybridized carbons (Fsp3) is 0.533. The third kappa shape index (κ3) is 2.84. The van der Waals surface area contributed by atoms with Crippen molar-refractivity contribution in [1.29, 1.82) is 0 Å². The van der Waals surface area contributed by atoms with Crippen molar-refractivity contribution < 1.29 is 0 Å². The van der Waals surface area contributed by atoms with E-state index in [1.54, 1.807) is 11.3 Å². The first-order valence-corrected chi connectivity index (χ1v) is 7.97. The first-order valence-electron chi connectivity index (χ1n) is 7.15. The molecule has 1 aromatic carbocycles. The average Bonchev–Trinajstić information content (AvgIpc) is 2.59. The summed E-state index contributed by atoms with van der Waals surface area (Å²) in [4.78, 5) is 4.55. The van der Waals surface area contributed by atoms with Crippen LogP contribution in [0.4, 0.5) is 11.4 Å². The van der Waals surface area contributed by atoms with Crippen LogP contribution in [0, 0.1) is 6.92 Å². The lowest BCUT2D eigenvalue weighted by molar-refractivity contribution is 0.620. The number of nitrogens with zero attached hydrogens (tertiary/aromatic N) is 1. The molecule has 3 nitrogen and oxygen atoms in total. The molecule has 4 heteroatoms. The van der Waals surface area contributed by atoms with Gasteiger partial charge in [0.05, 0.1) is 26.6 Å². The predicted octanol–water partition coefficient (Wildman–Crippen LogP) is 4.32. The maximum atomic E-state index is 6.17. The van der Waals surface area contributed by atoms with Crippen LogP contribution in [-0.2, 0) is 0 Å². The number of nitrogens with one attached hydrogen (secondary N) is 1. The molecule has 0 amide bonds. The molecule has 3 rings (SSSR count). The Kier molecular flexibility index (Phi) is 3.60. The SMILES string of the molecule is Cc1nc2cc(NC3CCCCCC3)c(N)cc2s1. The van der Waals surface area contributed by atoms with Gasteiger partial charge in [-0.3, -0.25) is 0 Å². The molecule has 0 aliphatic heterocycles. The summed E-state index contributed by atoms with van der Waals surface area (Å²) in [6.07, 6.45) is 7.92. The smallest absolute Gasteiger partial charge is 0.0907 e. The van der Waals surface area contributed by atoms with Crippen LogP contribution in [0.3, 0.4) is 0 Å². The third-order valence-electron chi connectivity index (χ3n) is 3.88. The summed E-state index contributed by atoms with van der Waals surface area (Å²) in [5, 5.41) is 4.73. The highest BCUT2D eigenvalue weighted by atomic mass is 32.1. The van der Waals surface area contributed by atoms with Gasteiger partial charge in [0.15, 0.2) is 0 Å². The van der Waals surface area contributed by atoms with Crippen LogP contribution in [0.25, 0.3) is 10.2 Å². The predicted molar refractivity (Wildman–Crippen MR) is 83.9 cm³/mol. The molecule has 1 fully saturated rings. The van der Waals surface area contributed by atoms with Gasteiger partial charge < -0.3 is 11.1 Å². The third-order valence-corrected chi connectivity index (χ3v) is 4.82.